The maximum Gasteiger partial charge on any atom is 0.336 e. The number of ether oxygens (including phenoxy) is 1. The summed E-state index contributed by atoms with van der Waals surface area (Å²) in [5.41, 5.74) is 3.58. The quantitative estimate of drug-likeness (QED) is 0.348. The van der Waals surface area contributed by atoms with Gasteiger partial charge in [-0.3, -0.25) is 9.59 Å². The van der Waals surface area contributed by atoms with Crippen LogP contribution in [0.1, 0.15) is 11.4 Å². The van der Waals surface area contributed by atoms with Gasteiger partial charge in [0.25, 0.3) is 5.91 Å². The van der Waals surface area contributed by atoms with Crippen LogP contribution < -0.4 is 10.6 Å². The Morgan fingerprint density at radius 2 is 2.00 bits per heavy atom. The number of rotatable bonds is 9. The van der Waals surface area contributed by atoms with Gasteiger partial charge in [-0.15, -0.1) is 16.4 Å². The molecule has 3 N–H and O–H groups in total. The van der Waals surface area contributed by atoms with E-state index >= 15 is 0 Å². The lowest BCUT2D eigenvalue weighted by molar-refractivity contribution is -0.138. The third-order valence-electron chi connectivity index (χ3n) is 4.60. The van der Waals surface area contributed by atoms with Crippen molar-refractivity contribution in [2.45, 2.75) is 31.2 Å². The maximum absolute atomic E-state index is 12.8. The van der Waals surface area contributed by atoms with Gasteiger partial charge in [0.05, 0.1) is 29.6 Å². The number of hydrogen-bond acceptors (Lipinski definition) is 8. The number of aliphatic carboxylic acids is 1. The summed E-state index contributed by atoms with van der Waals surface area (Å²) in [5.74, 6) is -2.34. The lowest BCUT2D eigenvalue weighted by atomic mass is 10.1. The molecule has 3 atom stereocenters. The number of amides is 2. The van der Waals surface area contributed by atoms with Crippen molar-refractivity contribution in [3.63, 3.8) is 0 Å². The Balaban J connectivity index is 1.38. The molecule has 4 rings (SSSR count). The van der Waals surface area contributed by atoms with E-state index in [1.807, 2.05) is 24.3 Å². The summed E-state index contributed by atoms with van der Waals surface area (Å²) in [6.07, 6.45) is -0.458. The van der Waals surface area contributed by atoms with E-state index in [1.54, 1.807) is 21.8 Å². The molecule has 13 heteroatoms. The van der Waals surface area contributed by atoms with Crippen LogP contribution in [0.5, 0.6) is 0 Å². The highest BCUT2D eigenvalue weighted by molar-refractivity contribution is 9.10. The highest BCUT2D eigenvalue weighted by atomic mass is 79.9. The van der Waals surface area contributed by atoms with Gasteiger partial charge < -0.3 is 20.5 Å². The third-order valence-corrected chi connectivity index (χ3v) is 5.76. The van der Waals surface area contributed by atoms with Gasteiger partial charge in [-0.1, -0.05) is 21.1 Å². The van der Waals surface area contributed by atoms with Crippen LogP contribution >= 0.6 is 27.3 Å². The van der Waals surface area contributed by atoms with E-state index in [9.17, 15) is 14.4 Å². The van der Waals surface area contributed by atoms with E-state index in [4.69, 9.17) is 9.84 Å². The number of carbonyl (C=O) groups is 3. The van der Waals surface area contributed by atoms with Crippen molar-refractivity contribution in [1.82, 2.24) is 30.6 Å². The van der Waals surface area contributed by atoms with Crippen LogP contribution in [0.25, 0.3) is 5.69 Å². The molecule has 1 aromatic carbocycles. The first kappa shape index (κ1) is 22.0. The normalized spacial score (nSPS) is 18.0. The first-order chi connectivity index (χ1) is 15.4. The van der Waals surface area contributed by atoms with Gasteiger partial charge in [0.2, 0.25) is 5.91 Å². The SMILES string of the molecule is O=C(NCc1cn(-c2ccc(Br)cc2)nn1)C(Cc1cscn1)NC(=O)[C@H]1O[C@@H]1C(=O)O. The molecular weight excluding hydrogens is 504 g/mol. The smallest absolute Gasteiger partial charge is 0.336 e. The molecule has 0 saturated carbocycles. The van der Waals surface area contributed by atoms with Crippen molar-refractivity contribution < 1.29 is 24.2 Å². The molecule has 11 nitrogen and oxygen atoms in total. The van der Waals surface area contributed by atoms with Crippen molar-refractivity contribution in [1.29, 1.82) is 0 Å². The molecule has 32 heavy (non-hydrogen) atoms. The summed E-state index contributed by atoms with van der Waals surface area (Å²) in [6.45, 7) is 0.0937. The molecule has 166 valence electrons. The maximum atomic E-state index is 12.8. The number of halogens is 1. The number of nitrogens with one attached hydrogen (secondary N) is 2. The fourth-order valence-electron chi connectivity index (χ4n) is 2.91. The zero-order valence-electron chi connectivity index (χ0n) is 16.3. The number of aromatic nitrogens is 4. The Morgan fingerprint density at radius 1 is 1.22 bits per heavy atom. The Morgan fingerprint density at radius 3 is 2.66 bits per heavy atom. The Bertz CT molecular complexity index is 1120. The Kier molecular flexibility index (Phi) is 6.58. The molecule has 1 unspecified atom stereocenters. The van der Waals surface area contributed by atoms with E-state index in [0.717, 1.165) is 10.2 Å². The summed E-state index contributed by atoms with van der Waals surface area (Å²) in [6, 6.07) is 6.53. The third kappa shape index (κ3) is 5.36. The lowest BCUT2D eigenvalue weighted by Crippen LogP contribution is -2.49. The second-order valence-electron chi connectivity index (χ2n) is 6.91. The zero-order valence-corrected chi connectivity index (χ0v) is 18.7. The molecule has 3 aromatic rings. The van der Waals surface area contributed by atoms with Gasteiger partial charge in [-0.05, 0) is 24.3 Å². The predicted molar refractivity (Wildman–Crippen MR) is 115 cm³/mol. The summed E-state index contributed by atoms with van der Waals surface area (Å²) >= 11 is 4.74. The molecule has 1 fully saturated rings. The minimum Gasteiger partial charge on any atom is -0.479 e. The van der Waals surface area contributed by atoms with Crippen LogP contribution in [0.3, 0.4) is 0 Å². The van der Waals surface area contributed by atoms with Gasteiger partial charge in [0.1, 0.15) is 11.7 Å². The first-order valence-electron chi connectivity index (χ1n) is 9.41. The van der Waals surface area contributed by atoms with Crippen LogP contribution in [-0.2, 0) is 32.1 Å². The predicted octanol–water partition coefficient (Wildman–Crippen LogP) is 0.682. The topological polar surface area (TPSA) is 152 Å². The molecule has 0 aliphatic carbocycles. The van der Waals surface area contributed by atoms with Gasteiger partial charge >= 0.3 is 5.97 Å². The molecule has 0 spiro atoms. The summed E-state index contributed by atoms with van der Waals surface area (Å²) < 4.78 is 7.38. The zero-order chi connectivity index (χ0) is 22.7. The van der Waals surface area contributed by atoms with E-state index < -0.39 is 36.0 Å². The molecule has 0 radical (unpaired) electrons. The first-order valence-corrected chi connectivity index (χ1v) is 11.1. The number of carbonyl (C=O) groups excluding carboxylic acids is 2. The number of hydrogen-bond donors (Lipinski definition) is 3. The molecule has 0 bridgehead atoms. The minimum absolute atomic E-state index is 0.0937. The fraction of sp³-hybridized carbons (Fsp3) is 0.263. The van der Waals surface area contributed by atoms with Crippen molar-refractivity contribution >= 4 is 45.1 Å². The monoisotopic (exact) mass is 520 g/mol. The highest BCUT2D eigenvalue weighted by Crippen LogP contribution is 2.22. The van der Waals surface area contributed by atoms with Crippen molar-refractivity contribution in [3.05, 3.63) is 57.2 Å². The Hall–Kier alpha value is -3.16. The summed E-state index contributed by atoms with van der Waals surface area (Å²) in [5, 5.41) is 24.1. The lowest BCUT2D eigenvalue weighted by Gasteiger charge is -2.17. The van der Waals surface area contributed by atoms with Gasteiger partial charge in [0, 0.05) is 16.3 Å². The second kappa shape index (κ2) is 9.54. The van der Waals surface area contributed by atoms with Crippen molar-refractivity contribution in [2.75, 3.05) is 0 Å². The Labute approximate surface area is 193 Å². The molecule has 1 saturated heterocycles. The molecule has 2 aromatic heterocycles. The van der Waals surface area contributed by atoms with E-state index in [0.29, 0.717) is 11.4 Å². The van der Waals surface area contributed by atoms with Gasteiger partial charge in [-0.25, -0.2) is 14.5 Å². The fourth-order valence-corrected chi connectivity index (χ4v) is 3.75. The summed E-state index contributed by atoms with van der Waals surface area (Å²) in [7, 11) is 0. The second-order valence-corrected chi connectivity index (χ2v) is 8.54. The number of benzene rings is 1. The van der Waals surface area contributed by atoms with Crippen LogP contribution in [0.15, 0.2) is 45.8 Å². The van der Waals surface area contributed by atoms with Crippen LogP contribution in [0.2, 0.25) is 0 Å². The molecule has 2 amide bonds. The molecule has 1 aliphatic rings. The molecule has 1 aliphatic heterocycles. The number of carboxylic acid groups (broad SMARTS) is 1. The minimum atomic E-state index is -1.22. The van der Waals surface area contributed by atoms with Crippen LogP contribution in [0.4, 0.5) is 0 Å². The van der Waals surface area contributed by atoms with Crippen molar-refractivity contribution in [2.24, 2.45) is 0 Å². The average molecular weight is 521 g/mol. The summed E-state index contributed by atoms with van der Waals surface area (Å²) in [4.78, 5) is 40.1. The van der Waals surface area contributed by atoms with E-state index in [1.165, 1.54) is 11.3 Å². The number of carboxylic acids is 1. The van der Waals surface area contributed by atoms with E-state index in [2.05, 4.69) is 41.9 Å². The van der Waals surface area contributed by atoms with Crippen LogP contribution in [-0.4, -0.2) is 61.1 Å². The highest BCUT2D eigenvalue weighted by Gasteiger charge is 2.51. The number of nitrogens with zero attached hydrogens (tertiary/aromatic N) is 4. The van der Waals surface area contributed by atoms with Crippen molar-refractivity contribution in [3.8, 4) is 5.69 Å². The van der Waals surface area contributed by atoms with Gasteiger partial charge in [0.15, 0.2) is 12.2 Å². The number of epoxide rings is 1. The van der Waals surface area contributed by atoms with Gasteiger partial charge in [-0.2, -0.15) is 0 Å². The van der Waals surface area contributed by atoms with E-state index in [-0.39, 0.29) is 13.0 Å². The standard InChI is InChI=1S/C19H17BrN6O5S/c20-10-1-3-13(4-2-10)26-7-12(24-25-26)6-21-17(27)14(5-11-8-32-9-22-11)23-18(28)15-16(31-15)19(29)30/h1-4,7-9,14-16H,5-6H2,(H,21,27)(H,23,28)(H,29,30)/t14?,15-,16-/m0/s1. The largest absolute Gasteiger partial charge is 0.479 e. The number of thiazole rings is 1. The molecule has 3 heterocycles. The molecular formula is C19H17BrN6O5S. The van der Waals surface area contributed by atoms with Crippen LogP contribution in [0, 0.1) is 0 Å². The average Bonchev–Trinajstić information content (AvgIpc) is 3.17.